The Morgan fingerprint density at radius 1 is 1.33 bits per heavy atom. The molecule has 1 saturated heterocycles. The van der Waals surface area contributed by atoms with Gasteiger partial charge in [0.2, 0.25) is 5.91 Å². The number of carbonyl (C=O) groups is 1. The fraction of sp³-hybridized carbons (Fsp3) is 0.500. The Balaban J connectivity index is 1.74. The van der Waals surface area contributed by atoms with Crippen LogP contribution in [0.15, 0.2) is 24.3 Å². The number of amides is 1. The van der Waals surface area contributed by atoms with Crippen LogP contribution in [0.5, 0.6) is 0 Å². The first-order chi connectivity index (χ1) is 8.75. The average Bonchev–Trinajstić information content (AvgIpc) is 2.40. The van der Waals surface area contributed by atoms with E-state index in [1.165, 1.54) is 19.3 Å². The first kappa shape index (κ1) is 13.1. The van der Waals surface area contributed by atoms with Crippen molar-refractivity contribution in [1.82, 2.24) is 5.32 Å². The third-order valence-corrected chi connectivity index (χ3v) is 3.24. The fourth-order valence-corrected chi connectivity index (χ4v) is 2.15. The van der Waals surface area contributed by atoms with Gasteiger partial charge in [-0.05, 0) is 37.1 Å². The van der Waals surface area contributed by atoms with Gasteiger partial charge in [-0.1, -0.05) is 18.6 Å². The second kappa shape index (κ2) is 6.52. The van der Waals surface area contributed by atoms with Gasteiger partial charge in [0.15, 0.2) is 0 Å². The van der Waals surface area contributed by atoms with E-state index in [4.69, 9.17) is 10.5 Å². The SMILES string of the molecule is NC(=O)c1ccc(COCC2CCCCN2)cc1. The highest BCUT2D eigenvalue weighted by molar-refractivity contribution is 5.92. The lowest BCUT2D eigenvalue weighted by Gasteiger charge is -2.23. The second-order valence-corrected chi connectivity index (χ2v) is 4.72. The smallest absolute Gasteiger partial charge is 0.248 e. The van der Waals surface area contributed by atoms with Gasteiger partial charge < -0.3 is 15.8 Å². The molecule has 98 valence electrons. The monoisotopic (exact) mass is 248 g/mol. The Labute approximate surface area is 108 Å². The molecule has 0 radical (unpaired) electrons. The van der Waals surface area contributed by atoms with Crippen LogP contribution in [-0.4, -0.2) is 25.1 Å². The normalized spacial score (nSPS) is 19.7. The zero-order valence-corrected chi connectivity index (χ0v) is 10.5. The summed E-state index contributed by atoms with van der Waals surface area (Å²) in [6, 6.07) is 7.73. The summed E-state index contributed by atoms with van der Waals surface area (Å²) >= 11 is 0. The average molecular weight is 248 g/mol. The van der Waals surface area contributed by atoms with Gasteiger partial charge in [0.05, 0.1) is 13.2 Å². The van der Waals surface area contributed by atoms with Crippen LogP contribution >= 0.6 is 0 Å². The molecule has 1 amide bonds. The standard InChI is InChI=1S/C14H20N2O2/c15-14(17)12-6-4-11(5-7-12)9-18-10-13-3-1-2-8-16-13/h4-7,13,16H,1-3,8-10H2,(H2,15,17). The van der Waals surface area contributed by atoms with E-state index >= 15 is 0 Å². The molecular formula is C14H20N2O2. The van der Waals surface area contributed by atoms with E-state index < -0.39 is 5.91 Å². The molecular weight excluding hydrogens is 228 g/mol. The van der Waals surface area contributed by atoms with E-state index in [2.05, 4.69) is 5.32 Å². The van der Waals surface area contributed by atoms with Crippen molar-refractivity contribution in [3.05, 3.63) is 35.4 Å². The van der Waals surface area contributed by atoms with Crippen molar-refractivity contribution in [2.24, 2.45) is 5.73 Å². The van der Waals surface area contributed by atoms with Gasteiger partial charge in [0.1, 0.15) is 0 Å². The highest BCUT2D eigenvalue weighted by Crippen LogP contribution is 2.09. The maximum Gasteiger partial charge on any atom is 0.248 e. The first-order valence-electron chi connectivity index (χ1n) is 6.45. The molecule has 3 N–H and O–H groups in total. The Morgan fingerprint density at radius 3 is 2.72 bits per heavy atom. The summed E-state index contributed by atoms with van der Waals surface area (Å²) in [5.74, 6) is -0.395. The Bertz CT molecular complexity index is 383. The Morgan fingerprint density at radius 2 is 2.11 bits per heavy atom. The molecule has 2 rings (SSSR count). The molecule has 1 aromatic carbocycles. The van der Waals surface area contributed by atoms with Gasteiger partial charge in [-0.15, -0.1) is 0 Å². The number of rotatable bonds is 5. The summed E-state index contributed by atoms with van der Waals surface area (Å²) in [6.45, 7) is 2.43. The van der Waals surface area contributed by atoms with Gasteiger partial charge in [-0.2, -0.15) is 0 Å². The van der Waals surface area contributed by atoms with Crippen LogP contribution in [0.25, 0.3) is 0 Å². The van der Waals surface area contributed by atoms with Crippen LogP contribution in [-0.2, 0) is 11.3 Å². The minimum atomic E-state index is -0.395. The van der Waals surface area contributed by atoms with Crippen molar-refractivity contribution < 1.29 is 9.53 Å². The van der Waals surface area contributed by atoms with E-state index in [1.54, 1.807) is 12.1 Å². The molecule has 4 heteroatoms. The quantitative estimate of drug-likeness (QED) is 0.829. The van der Waals surface area contributed by atoms with Gasteiger partial charge in [0, 0.05) is 11.6 Å². The second-order valence-electron chi connectivity index (χ2n) is 4.72. The molecule has 1 aliphatic heterocycles. The summed E-state index contributed by atoms with van der Waals surface area (Å²) in [5, 5.41) is 3.44. The molecule has 1 aromatic rings. The predicted octanol–water partition coefficient (Wildman–Crippen LogP) is 1.44. The topological polar surface area (TPSA) is 64.4 Å². The molecule has 1 heterocycles. The lowest BCUT2D eigenvalue weighted by molar-refractivity contribution is 0.0911. The minimum Gasteiger partial charge on any atom is -0.375 e. The van der Waals surface area contributed by atoms with Crippen LogP contribution in [0.4, 0.5) is 0 Å². The van der Waals surface area contributed by atoms with E-state index in [1.807, 2.05) is 12.1 Å². The molecule has 0 aliphatic carbocycles. The molecule has 0 aromatic heterocycles. The molecule has 1 fully saturated rings. The number of hydrogen-bond acceptors (Lipinski definition) is 3. The summed E-state index contributed by atoms with van der Waals surface area (Å²) in [5.41, 5.74) is 6.78. The number of nitrogens with one attached hydrogen (secondary N) is 1. The molecule has 1 unspecified atom stereocenters. The van der Waals surface area contributed by atoms with Crippen molar-refractivity contribution in [2.75, 3.05) is 13.2 Å². The molecule has 4 nitrogen and oxygen atoms in total. The van der Waals surface area contributed by atoms with Crippen LogP contribution in [0, 0.1) is 0 Å². The fourth-order valence-electron chi connectivity index (χ4n) is 2.15. The van der Waals surface area contributed by atoms with Crippen molar-refractivity contribution in [3.8, 4) is 0 Å². The third-order valence-electron chi connectivity index (χ3n) is 3.24. The number of benzene rings is 1. The lowest BCUT2D eigenvalue weighted by Crippen LogP contribution is -2.37. The Hall–Kier alpha value is -1.39. The maximum atomic E-state index is 10.9. The van der Waals surface area contributed by atoms with Crippen molar-refractivity contribution in [3.63, 3.8) is 0 Å². The minimum absolute atomic E-state index is 0.395. The molecule has 18 heavy (non-hydrogen) atoms. The third kappa shape index (κ3) is 3.82. The van der Waals surface area contributed by atoms with Gasteiger partial charge in [-0.3, -0.25) is 4.79 Å². The van der Waals surface area contributed by atoms with E-state index in [0.717, 1.165) is 18.7 Å². The predicted molar refractivity (Wildman–Crippen MR) is 70.3 cm³/mol. The zero-order chi connectivity index (χ0) is 12.8. The molecule has 0 bridgehead atoms. The van der Waals surface area contributed by atoms with Crippen molar-refractivity contribution in [1.29, 1.82) is 0 Å². The number of carbonyl (C=O) groups excluding carboxylic acids is 1. The van der Waals surface area contributed by atoms with Gasteiger partial charge >= 0.3 is 0 Å². The maximum absolute atomic E-state index is 10.9. The lowest BCUT2D eigenvalue weighted by atomic mass is 10.1. The first-order valence-corrected chi connectivity index (χ1v) is 6.45. The summed E-state index contributed by atoms with van der Waals surface area (Å²) in [7, 11) is 0. The van der Waals surface area contributed by atoms with Crippen LogP contribution < -0.4 is 11.1 Å². The number of nitrogens with two attached hydrogens (primary N) is 1. The molecule has 0 saturated carbocycles. The van der Waals surface area contributed by atoms with E-state index in [9.17, 15) is 4.79 Å². The Kier molecular flexibility index (Phi) is 4.73. The molecule has 1 atom stereocenters. The van der Waals surface area contributed by atoms with Crippen LogP contribution in [0.3, 0.4) is 0 Å². The highest BCUT2D eigenvalue weighted by Gasteiger charge is 2.12. The molecule has 0 spiro atoms. The summed E-state index contributed by atoms with van der Waals surface area (Å²) in [4.78, 5) is 10.9. The number of hydrogen-bond donors (Lipinski definition) is 2. The summed E-state index contributed by atoms with van der Waals surface area (Å²) < 4.78 is 5.68. The number of primary amides is 1. The van der Waals surface area contributed by atoms with E-state index in [0.29, 0.717) is 18.2 Å². The highest BCUT2D eigenvalue weighted by atomic mass is 16.5. The van der Waals surface area contributed by atoms with Crippen LogP contribution in [0.2, 0.25) is 0 Å². The summed E-state index contributed by atoms with van der Waals surface area (Å²) in [6.07, 6.45) is 3.75. The number of piperidine rings is 1. The zero-order valence-electron chi connectivity index (χ0n) is 10.5. The van der Waals surface area contributed by atoms with Gasteiger partial charge in [-0.25, -0.2) is 0 Å². The van der Waals surface area contributed by atoms with Crippen molar-refractivity contribution >= 4 is 5.91 Å². The molecule has 1 aliphatic rings. The van der Waals surface area contributed by atoms with Crippen molar-refractivity contribution in [2.45, 2.75) is 31.9 Å². The largest absolute Gasteiger partial charge is 0.375 e. The van der Waals surface area contributed by atoms with E-state index in [-0.39, 0.29) is 0 Å². The number of ether oxygens (including phenoxy) is 1. The van der Waals surface area contributed by atoms with Gasteiger partial charge in [0.25, 0.3) is 0 Å². The van der Waals surface area contributed by atoms with Crippen LogP contribution in [0.1, 0.15) is 35.2 Å².